The molecule has 8 heteroatoms. The number of anilines is 1. The average molecular weight is 422 g/mol. The number of hydrogen-bond acceptors (Lipinski definition) is 6. The molecule has 0 saturated carbocycles. The number of aryl methyl sites for hydroxylation is 1. The molecule has 0 atom stereocenters. The second-order valence-electron chi connectivity index (χ2n) is 8.26. The summed E-state index contributed by atoms with van der Waals surface area (Å²) >= 11 is 0. The van der Waals surface area contributed by atoms with Crippen molar-refractivity contribution in [1.29, 1.82) is 0 Å². The van der Waals surface area contributed by atoms with E-state index in [-0.39, 0.29) is 19.1 Å². The number of ether oxygens (including phenoxy) is 1. The van der Waals surface area contributed by atoms with Crippen LogP contribution in [0.5, 0.6) is 0 Å². The fraction of sp³-hybridized carbons (Fsp3) is 0.304. The number of aromatic nitrogens is 3. The van der Waals surface area contributed by atoms with Gasteiger partial charge < -0.3 is 15.2 Å². The molecule has 2 N–H and O–H groups in total. The van der Waals surface area contributed by atoms with Gasteiger partial charge in [0.15, 0.2) is 0 Å². The molecular weight excluding hydrogens is 399 g/mol. The lowest BCUT2D eigenvalue weighted by Crippen LogP contribution is -2.56. The zero-order chi connectivity index (χ0) is 22.2. The van der Waals surface area contributed by atoms with Crippen molar-refractivity contribution in [2.24, 2.45) is 0 Å². The molecule has 4 heterocycles. The summed E-state index contributed by atoms with van der Waals surface area (Å²) < 4.78 is 18.4. The first-order valence-electron chi connectivity index (χ1n) is 9.86. The third-order valence-electron chi connectivity index (χ3n) is 5.38. The van der Waals surface area contributed by atoms with Crippen LogP contribution in [0, 0.1) is 12.9 Å². The highest BCUT2D eigenvalue weighted by Gasteiger charge is 2.49. The Hall–Kier alpha value is -3.23. The normalized spacial score (nSPS) is 15.3. The second kappa shape index (κ2) is 7.79. The molecular formula is C23H23FN4O3. The van der Waals surface area contributed by atoms with Crippen LogP contribution in [0.3, 0.4) is 0 Å². The topological polar surface area (TPSA) is 97.2 Å². The van der Waals surface area contributed by atoms with E-state index in [1.54, 1.807) is 32.3 Å². The van der Waals surface area contributed by atoms with Crippen LogP contribution in [0.4, 0.5) is 10.1 Å². The molecule has 0 aliphatic carbocycles. The maximum absolute atomic E-state index is 13.0. The fourth-order valence-corrected chi connectivity index (χ4v) is 3.53. The first-order chi connectivity index (χ1) is 14.7. The van der Waals surface area contributed by atoms with Gasteiger partial charge in [0.1, 0.15) is 5.41 Å². The highest BCUT2D eigenvalue weighted by Crippen LogP contribution is 2.35. The van der Waals surface area contributed by atoms with E-state index >= 15 is 0 Å². The van der Waals surface area contributed by atoms with Crippen LogP contribution in [0.1, 0.15) is 30.8 Å². The summed E-state index contributed by atoms with van der Waals surface area (Å²) in [6.07, 6.45) is 4.65. The van der Waals surface area contributed by atoms with Gasteiger partial charge in [0.2, 0.25) is 11.9 Å². The number of hydrogen-bond donors (Lipinski definition) is 2. The van der Waals surface area contributed by atoms with Crippen molar-refractivity contribution in [1.82, 2.24) is 15.0 Å². The molecule has 160 valence electrons. The van der Waals surface area contributed by atoms with Gasteiger partial charge in [0, 0.05) is 29.2 Å². The number of rotatable bonds is 5. The molecule has 4 rings (SSSR count). The minimum atomic E-state index is -1.05. The molecule has 0 radical (unpaired) electrons. The van der Waals surface area contributed by atoms with Crippen LogP contribution < -0.4 is 5.32 Å². The van der Waals surface area contributed by atoms with E-state index in [0.29, 0.717) is 11.4 Å². The lowest BCUT2D eigenvalue weighted by Gasteiger charge is -2.39. The van der Waals surface area contributed by atoms with Gasteiger partial charge in [0.05, 0.1) is 36.4 Å². The minimum Gasteiger partial charge on any atom is -0.386 e. The predicted octanol–water partition coefficient (Wildman–Crippen LogP) is 3.12. The third kappa shape index (κ3) is 4.04. The molecule has 1 aliphatic heterocycles. The molecule has 1 fully saturated rings. The fourth-order valence-electron chi connectivity index (χ4n) is 3.53. The first-order valence-corrected chi connectivity index (χ1v) is 9.86. The van der Waals surface area contributed by atoms with Gasteiger partial charge in [-0.05, 0) is 50.6 Å². The van der Waals surface area contributed by atoms with Crippen molar-refractivity contribution in [2.75, 3.05) is 18.5 Å². The maximum atomic E-state index is 13.0. The highest BCUT2D eigenvalue weighted by atomic mass is 19.1. The number of pyridine rings is 3. The molecule has 0 bridgehead atoms. The molecule has 0 spiro atoms. The number of nitrogens with zero attached hydrogens (tertiary/aromatic N) is 3. The van der Waals surface area contributed by atoms with Crippen LogP contribution in [-0.4, -0.2) is 39.2 Å². The number of aliphatic hydroxyl groups is 1. The Morgan fingerprint density at radius 2 is 1.90 bits per heavy atom. The highest BCUT2D eigenvalue weighted by molar-refractivity contribution is 5.99. The number of carbonyl (C=O) groups is 1. The number of amides is 1. The number of carbonyl (C=O) groups excluding carboxylic acids is 1. The van der Waals surface area contributed by atoms with Gasteiger partial charge >= 0.3 is 0 Å². The Morgan fingerprint density at radius 1 is 1.13 bits per heavy atom. The lowest BCUT2D eigenvalue weighted by molar-refractivity contribution is -0.140. The molecule has 1 aliphatic rings. The molecule has 0 aromatic carbocycles. The van der Waals surface area contributed by atoms with Crippen molar-refractivity contribution in [2.45, 2.75) is 31.8 Å². The molecule has 31 heavy (non-hydrogen) atoms. The van der Waals surface area contributed by atoms with Crippen LogP contribution in [0.15, 0.2) is 48.9 Å². The minimum absolute atomic E-state index is 0.195. The summed E-state index contributed by atoms with van der Waals surface area (Å²) in [5.41, 5.74) is 2.10. The molecule has 3 aromatic heterocycles. The first kappa shape index (κ1) is 21.0. The quantitative estimate of drug-likeness (QED) is 0.613. The van der Waals surface area contributed by atoms with Gasteiger partial charge in [-0.1, -0.05) is 6.07 Å². The van der Waals surface area contributed by atoms with Crippen molar-refractivity contribution in [3.05, 3.63) is 71.8 Å². The summed E-state index contributed by atoms with van der Waals surface area (Å²) in [5, 5.41) is 13.3. The van der Waals surface area contributed by atoms with E-state index in [1.165, 1.54) is 18.3 Å². The van der Waals surface area contributed by atoms with Gasteiger partial charge in [-0.3, -0.25) is 14.8 Å². The van der Waals surface area contributed by atoms with Gasteiger partial charge in [-0.2, -0.15) is 4.39 Å². The van der Waals surface area contributed by atoms with Gasteiger partial charge in [-0.25, -0.2) is 4.98 Å². The smallest absolute Gasteiger partial charge is 0.241 e. The van der Waals surface area contributed by atoms with Crippen molar-refractivity contribution >= 4 is 11.6 Å². The molecule has 3 aromatic rings. The van der Waals surface area contributed by atoms with E-state index in [2.05, 4.69) is 20.3 Å². The van der Waals surface area contributed by atoms with Crippen LogP contribution in [-0.2, 0) is 20.5 Å². The Labute approximate surface area is 179 Å². The number of nitrogens with one attached hydrogen (secondary N) is 1. The average Bonchev–Trinajstić information content (AvgIpc) is 2.69. The van der Waals surface area contributed by atoms with Crippen LogP contribution >= 0.6 is 0 Å². The summed E-state index contributed by atoms with van der Waals surface area (Å²) in [5.74, 6) is -0.908. The molecule has 0 unspecified atom stereocenters. The second-order valence-corrected chi connectivity index (χ2v) is 8.26. The van der Waals surface area contributed by atoms with Crippen molar-refractivity contribution < 1.29 is 19.0 Å². The maximum Gasteiger partial charge on any atom is 0.241 e. The van der Waals surface area contributed by atoms with Crippen LogP contribution in [0.25, 0.3) is 11.1 Å². The lowest BCUT2D eigenvalue weighted by atomic mass is 9.80. The standard InChI is InChI=1S/C23H23FN4O3/c1-14-8-18(22(2,3)30)17(11-25-14)15-4-6-19(26-9-15)23(12-31-13-23)21(29)28-16-5-7-20(24)27-10-16/h4-11,30H,12-13H2,1-3H3,(H,28,29). The van der Waals surface area contributed by atoms with Gasteiger partial charge in [-0.15, -0.1) is 0 Å². The van der Waals surface area contributed by atoms with Crippen molar-refractivity contribution in [3.8, 4) is 11.1 Å². The molecule has 1 amide bonds. The summed E-state index contributed by atoms with van der Waals surface area (Å²) in [6.45, 7) is 5.71. The Bertz CT molecular complexity index is 1110. The van der Waals surface area contributed by atoms with Crippen LogP contribution in [0.2, 0.25) is 0 Å². The van der Waals surface area contributed by atoms with E-state index < -0.39 is 17.0 Å². The van der Waals surface area contributed by atoms with E-state index in [9.17, 15) is 14.3 Å². The SMILES string of the molecule is Cc1cc(C(C)(C)O)c(-c2ccc(C3(C(=O)Nc4ccc(F)nc4)COC3)nc2)cn1. The predicted molar refractivity (Wildman–Crippen MR) is 113 cm³/mol. The Morgan fingerprint density at radius 3 is 2.45 bits per heavy atom. The summed E-state index contributed by atoms with van der Waals surface area (Å²) in [6, 6.07) is 8.13. The third-order valence-corrected chi connectivity index (χ3v) is 5.38. The van der Waals surface area contributed by atoms with Crippen molar-refractivity contribution in [3.63, 3.8) is 0 Å². The van der Waals surface area contributed by atoms with E-state index in [4.69, 9.17) is 4.74 Å². The largest absolute Gasteiger partial charge is 0.386 e. The van der Waals surface area contributed by atoms with E-state index in [0.717, 1.165) is 22.4 Å². The summed E-state index contributed by atoms with van der Waals surface area (Å²) in [4.78, 5) is 25.4. The molecule has 7 nitrogen and oxygen atoms in total. The van der Waals surface area contributed by atoms with E-state index in [1.807, 2.05) is 19.1 Å². The van der Waals surface area contributed by atoms with Gasteiger partial charge in [0.25, 0.3) is 0 Å². The zero-order valence-corrected chi connectivity index (χ0v) is 17.5. The Kier molecular flexibility index (Phi) is 5.28. The molecule has 1 saturated heterocycles. The monoisotopic (exact) mass is 422 g/mol. The summed E-state index contributed by atoms with van der Waals surface area (Å²) in [7, 11) is 0. The number of halogens is 1. The Balaban J connectivity index is 1.63. The zero-order valence-electron chi connectivity index (χ0n) is 17.5.